The minimum absolute atomic E-state index is 0.101. The van der Waals surface area contributed by atoms with Crippen LogP contribution >= 0.6 is 0 Å². The zero-order valence-electron chi connectivity index (χ0n) is 14.8. The first-order chi connectivity index (χ1) is 12.3. The topological polar surface area (TPSA) is 75.9 Å². The van der Waals surface area contributed by atoms with Gasteiger partial charge in [-0.15, -0.1) is 0 Å². The number of imidazole rings is 1. The van der Waals surface area contributed by atoms with Gasteiger partial charge in [0.25, 0.3) is 0 Å². The molecule has 0 saturated carbocycles. The van der Waals surface area contributed by atoms with E-state index in [1.807, 2.05) is 12.3 Å². The monoisotopic (exact) mass is 342 g/mol. The largest absolute Gasteiger partial charge is 0.356 e. The van der Waals surface area contributed by atoms with Gasteiger partial charge in [0, 0.05) is 63.8 Å². The third-order valence-corrected chi connectivity index (χ3v) is 4.64. The van der Waals surface area contributed by atoms with Crippen LogP contribution in [-0.4, -0.2) is 45.1 Å². The van der Waals surface area contributed by atoms with Crippen LogP contribution in [-0.2, 0) is 17.8 Å². The van der Waals surface area contributed by atoms with Gasteiger partial charge < -0.3 is 14.8 Å². The third kappa shape index (κ3) is 4.78. The molecule has 7 heteroatoms. The summed E-state index contributed by atoms with van der Waals surface area (Å²) in [4.78, 5) is 27.3. The summed E-state index contributed by atoms with van der Waals surface area (Å²) in [6.45, 7) is 5.35. The maximum absolute atomic E-state index is 12.1. The smallest absolute Gasteiger partial charge is 0.225 e. The van der Waals surface area contributed by atoms with Crippen molar-refractivity contribution in [3.63, 3.8) is 0 Å². The van der Waals surface area contributed by atoms with Gasteiger partial charge in [0.1, 0.15) is 5.82 Å². The Labute approximate surface area is 148 Å². The molecule has 7 nitrogen and oxygen atoms in total. The van der Waals surface area contributed by atoms with Crippen molar-refractivity contribution in [2.75, 3.05) is 24.5 Å². The van der Waals surface area contributed by atoms with E-state index in [1.165, 1.54) is 0 Å². The Morgan fingerprint density at radius 2 is 2.12 bits per heavy atom. The average Bonchev–Trinajstić information content (AvgIpc) is 3.13. The van der Waals surface area contributed by atoms with E-state index in [0.29, 0.717) is 25.4 Å². The van der Waals surface area contributed by atoms with Crippen molar-refractivity contribution in [1.29, 1.82) is 0 Å². The molecule has 1 atom stereocenters. The van der Waals surface area contributed by atoms with Crippen LogP contribution in [0.4, 0.5) is 5.95 Å². The summed E-state index contributed by atoms with van der Waals surface area (Å²) in [6, 6.07) is 1.83. The highest BCUT2D eigenvalue weighted by Crippen LogP contribution is 2.19. The van der Waals surface area contributed by atoms with Gasteiger partial charge in [-0.25, -0.2) is 15.0 Å². The molecule has 0 unspecified atom stereocenters. The Bertz CT molecular complexity index is 671. The fraction of sp³-hybridized carbons (Fsp3) is 0.556. The van der Waals surface area contributed by atoms with Crippen molar-refractivity contribution in [1.82, 2.24) is 24.8 Å². The van der Waals surface area contributed by atoms with E-state index >= 15 is 0 Å². The number of nitrogens with zero attached hydrogens (tertiary/aromatic N) is 5. The molecule has 0 aromatic carbocycles. The van der Waals surface area contributed by atoms with Gasteiger partial charge in [-0.1, -0.05) is 6.92 Å². The molecule has 25 heavy (non-hydrogen) atoms. The summed E-state index contributed by atoms with van der Waals surface area (Å²) < 4.78 is 2.05. The Kier molecular flexibility index (Phi) is 5.98. The van der Waals surface area contributed by atoms with Crippen LogP contribution in [0.15, 0.2) is 30.9 Å². The fourth-order valence-electron chi connectivity index (χ4n) is 3.29. The molecule has 1 aliphatic heterocycles. The number of piperidine rings is 1. The van der Waals surface area contributed by atoms with E-state index in [0.717, 1.165) is 44.1 Å². The van der Waals surface area contributed by atoms with Crippen LogP contribution in [0.5, 0.6) is 0 Å². The molecule has 0 radical (unpaired) electrons. The lowest BCUT2D eigenvalue weighted by atomic mass is 9.98. The van der Waals surface area contributed by atoms with Gasteiger partial charge >= 0.3 is 0 Å². The molecule has 3 heterocycles. The molecule has 2 aromatic heterocycles. The van der Waals surface area contributed by atoms with E-state index < -0.39 is 0 Å². The lowest BCUT2D eigenvalue weighted by molar-refractivity contribution is -0.121. The summed E-state index contributed by atoms with van der Waals surface area (Å²) in [7, 11) is 0. The zero-order chi connectivity index (χ0) is 17.5. The van der Waals surface area contributed by atoms with Crippen molar-refractivity contribution >= 4 is 11.9 Å². The Morgan fingerprint density at radius 3 is 2.92 bits per heavy atom. The van der Waals surface area contributed by atoms with Crippen molar-refractivity contribution in [3.8, 4) is 0 Å². The number of anilines is 1. The lowest BCUT2D eigenvalue weighted by Gasteiger charge is -2.32. The van der Waals surface area contributed by atoms with Crippen molar-refractivity contribution in [2.24, 2.45) is 5.92 Å². The molecular weight excluding hydrogens is 316 g/mol. The molecule has 1 aliphatic rings. The molecule has 1 amide bonds. The molecule has 2 aromatic rings. The van der Waals surface area contributed by atoms with Crippen molar-refractivity contribution in [3.05, 3.63) is 36.7 Å². The predicted molar refractivity (Wildman–Crippen MR) is 96.2 cm³/mol. The van der Waals surface area contributed by atoms with Gasteiger partial charge in [0.2, 0.25) is 11.9 Å². The molecule has 1 saturated heterocycles. The first-order valence-corrected chi connectivity index (χ1v) is 9.05. The first-order valence-electron chi connectivity index (χ1n) is 9.05. The molecule has 0 bridgehead atoms. The highest BCUT2D eigenvalue weighted by atomic mass is 16.1. The van der Waals surface area contributed by atoms with E-state index in [2.05, 4.69) is 36.7 Å². The fourth-order valence-corrected chi connectivity index (χ4v) is 3.29. The Hall–Kier alpha value is -2.44. The van der Waals surface area contributed by atoms with Crippen LogP contribution < -0.4 is 10.2 Å². The maximum atomic E-state index is 12.1. The Morgan fingerprint density at radius 1 is 1.28 bits per heavy atom. The third-order valence-electron chi connectivity index (χ3n) is 4.64. The van der Waals surface area contributed by atoms with Crippen molar-refractivity contribution < 1.29 is 4.79 Å². The second-order valence-electron chi connectivity index (χ2n) is 6.45. The molecule has 0 aliphatic carbocycles. The number of hydrogen-bond acceptors (Lipinski definition) is 5. The highest BCUT2D eigenvalue weighted by molar-refractivity contribution is 5.75. The van der Waals surface area contributed by atoms with Crippen LogP contribution in [0.3, 0.4) is 0 Å². The summed E-state index contributed by atoms with van der Waals surface area (Å²) in [5.74, 6) is 2.36. The quantitative estimate of drug-likeness (QED) is 0.828. The lowest BCUT2D eigenvalue weighted by Crippen LogP contribution is -2.41. The summed E-state index contributed by atoms with van der Waals surface area (Å²) in [5, 5.41) is 3.08. The van der Waals surface area contributed by atoms with E-state index in [1.54, 1.807) is 18.6 Å². The minimum Gasteiger partial charge on any atom is -0.356 e. The number of rotatable bonds is 7. The molecule has 1 fully saturated rings. The molecule has 3 rings (SSSR count). The van der Waals surface area contributed by atoms with Gasteiger partial charge in [0.05, 0.1) is 0 Å². The number of hydrogen-bond donors (Lipinski definition) is 1. The molecular formula is C18H26N6O. The summed E-state index contributed by atoms with van der Waals surface area (Å²) in [6.07, 6.45) is 10.9. The number of aryl methyl sites for hydroxylation is 2. The van der Waals surface area contributed by atoms with Gasteiger partial charge in [-0.2, -0.15) is 0 Å². The van der Waals surface area contributed by atoms with Gasteiger partial charge in [-0.05, 0) is 24.8 Å². The number of amides is 1. The highest BCUT2D eigenvalue weighted by Gasteiger charge is 2.22. The summed E-state index contributed by atoms with van der Waals surface area (Å²) >= 11 is 0. The average molecular weight is 342 g/mol. The van der Waals surface area contributed by atoms with Crippen LogP contribution in [0.25, 0.3) is 0 Å². The van der Waals surface area contributed by atoms with Crippen LogP contribution in [0.2, 0.25) is 0 Å². The minimum atomic E-state index is 0.101. The molecule has 0 spiro atoms. The van der Waals surface area contributed by atoms with E-state index in [-0.39, 0.29) is 5.91 Å². The number of aromatic nitrogens is 4. The SMILES string of the molecule is CCc1nccn1CCC(=O)NC[C@H]1CCCN(c2ncccn2)C1. The molecule has 1 N–H and O–H groups in total. The van der Waals surface area contributed by atoms with Crippen LogP contribution in [0, 0.1) is 5.92 Å². The van der Waals surface area contributed by atoms with Gasteiger partial charge in [-0.3, -0.25) is 4.79 Å². The number of carbonyl (C=O) groups is 1. The normalized spacial score (nSPS) is 17.5. The number of nitrogens with one attached hydrogen (secondary N) is 1. The Balaban J connectivity index is 1.42. The van der Waals surface area contributed by atoms with E-state index in [4.69, 9.17) is 0 Å². The second kappa shape index (κ2) is 8.60. The zero-order valence-corrected chi connectivity index (χ0v) is 14.8. The van der Waals surface area contributed by atoms with E-state index in [9.17, 15) is 4.79 Å². The van der Waals surface area contributed by atoms with Gasteiger partial charge in [0.15, 0.2) is 0 Å². The van der Waals surface area contributed by atoms with Crippen molar-refractivity contribution in [2.45, 2.75) is 39.2 Å². The predicted octanol–water partition coefficient (Wildman–Crippen LogP) is 1.66. The van der Waals surface area contributed by atoms with Crippen LogP contribution in [0.1, 0.15) is 32.0 Å². The first kappa shape index (κ1) is 17.4. The number of carbonyl (C=O) groups excluding carboxylic acids is 1. The second-order valence-corrected chi connectivity index (χ2v) is 6.45. The molecule has 134 valence electrons. The summed E-state index contributed by atoms with van der Waals surface area (Å²) in [5.41, 5.74) is 0. The maximum Gasteiger partial charge on any atom is 0.225 e. The standard InChI is InChI=1S/C18H26N6O/c1-2-16-19-9-12-23(16)11-6-17(25)22-13-15-5-3-10-24(14-15)18-20-7-4-8-21-18/h4,7-9,12,15H,2-3,5-6,10-11,13-14H2,1H3,(H,22,25)/t15-/m1/s1.